The Morgan fingerprint density at radius 3 is 2.50 bits per heavy atom. The Kier molecular flexibility index (Phi) is 6.40. The van der Waals surface area contributed by atoms with Crippen molar-refractivity contribution in [3.8, 4) is 5.75 Å². The van der Waals surface area contributed by atoms with Crippen LogP contribution in [0, 0.1) is 0 Å². The first-order chi connectivity index (χ1) is 12.5. The Bertz CT molecular complexity index is 806. The fourth-order valence-corrected chi connectivity index (χ4v) is 9.61. The predicted molar refractivity (Wildman–Crippen MR) is 109 cm³/mol. The zero-order valence-electron chi connectivity index (χ0n) is 14.9. The van der Waals surface area contributed by atoms with E-state index in [0.717, 1.165) is 30.2 Å². The molecule has 0 amide bonds. The van der Waals surface area contributed by atoms with Crippen molar-refractivity contribution in [2.24, 2.45) is 4.99 Å². The molecule has 4 nitrogen and oxygen atoms in total. The summed E-state index contributed by atoms with van der Waals surface area (Å²) in [5.41, 5.74) is 1.94. The van der Waals surface area contributed by atoms with Crippen LogP contribution in [-0.4, -0.2) is 37.4 Å². The van der Waals surface area contributed by atoms with Crippen LogP contribution < -0.4 is 3.07 Å². The first-order valence-corrected chi connectivity index (χ1v) is 16.0. The molecule has 2 aromatic carbocycles. The standard InChI is InChI=1S/C16H14BrNO3.2C2H5.Sn/c17-13-6-7-15(19)12(9-13)10-18-14(16(20)21)8-11-4-2-1-3-5-11;2*1-2;/h1-7,9-10,14,19H,8H2,(H,20,21);2*1H2,2H3;/q;;;+2/p-2. The molecule has 0 bridgehead atoms. The number of carbonyl (C=O) groups excluding carboxylic acids is 1. The topological polar surface area (TPSA) is 47.9 Å². The zero-order chi connectivity index (χ0) is 18.6. The maximum atomic E-state index is 12.9. The van der Waals surface area contributed by atoms with Crippen molar-refractivity contribution < 1.29 is 10.9 Å². The summed E-state index contributed by atoms with van der Waals surface area (Å²) in [6.07, 6.45) is 2.26. The molecular weight excluding hydrogens is 501 g/mol. The van der Waals surface area contributed by atoms with E-state index in [1.807, 2.05) is 48.5 Å². The van der Waals surface area contributed by atoms with Crippen molar-refractivity contribution >= 4 is 47.3 Å². The summed E-state index contributed by atoms with van der Waals surface area (Å²) in [5.74, 6) is 0.487. The molecule has 136 valence electrons. The van der Waals surface area contributed by atoms with E-state index in [9.17, 15) is 4.79 Å². The molecule has 0 fully saturated rings. The van der Waals surface area contributed by atoms with Crippen molar-refractivity contribution in [2.75, 3.05) is 0 Å². The summed E-state index contributed by atoms with van der Waals surface area (Å²) in [7, 11) is 0. The van der Waals surface area contributed by atoms with Crippen LogP contribution in [0.2, 0.25) is 8.87 Å². The third-order valence-electron chi connectivity index (χ3n) is 4.57. The van der Waals surface area contributed by atoms with Crippen molar-refractivity contribution in [3.05, 3.63) is 64.1 Å². The van der Waals surface area contributed by atoms with Crippen molar-refractivity contribution in [2.45, 2.75) is 35.2 Å². The van der Waals surface area contributed by atoms with Gasteiger partial charge >= 0.3 is 168 Å². The number of fused-ring (bicyclic) bond motifs is 1. The van der Waals surface area contributed by atoms with Crippen molar-refractivity contribution in [3.63, 3.8) is 0 Å². The summed E-state index contributed by atoms with van der Waals surface area (Å²) in [6, 6.07) is 15.2. The summed E-state index contributed by atoms with van der Waals surface area (Å²) < 4.78 is 14.9. The normalized spacial score (nSPS) is 18.7. The average Bonchev–Trinajstić information content (AvgIpc) is 2.71. The maximum absolute atomic E-state index is 12.9. The molecule has 0 aromatic heterocycles. The van der Waals surface area contributed by atoms with Gasteiger partial charge in [-0.2, -0.15) is 0 Å². The fraction of sp³-hybridized carbons (Fsp3) is 0.300. The van der Waals surface area contributed by atoms with Gasteiger partial charge in [0.15, 0.2) is 0 Å². The van der Waals surface area contributed by atoms with Gasteiger partial charge in [-0.05, 0) is 0 Å². The van der Waals surface area contributed by atoms with E-state index in [4.69, 9.17) is 6.15 Å². The summed E-state index contributed by atoms with van der Waals surface area (Å²) in [5, 5.41) is 0. The molecule has 1 heterocycles. The summed E-state index contributed by atoms with van der Waals surface area (Å²) in [4.78, 5) is 17.5. The van der Waals surface area contributed by atoms with Crippen LogP contribution in [0.1, 0.15) is 25.0 Å². The fourth-order valence-electron chi connectivity index (χ4n) is 2.93. The van der Waals surface area contributed by atoms with Crippen LogP contribution in [0.25, 0.3) is 0 Å². The second-order valence-corrected chi connectivity index (χ2v) is 17.6. The number of halogens is 1. The molecule has 1 aliphatic heterocycles. The first kappa shape index (κ1) is 19.4. The minimum atomic E-state index is -3.55. The molecule has 0 aliphatic carbocycles. The zero-order valence-corrected chi connectivity index (χ0v) is 19.4. The number of benzene rings is 2. The van der Waals surface area contributed by atoms with E-state index >= 15 is 0 Å². The Morgan fingerprint density at radius 1 is 1.08 bits per heavy atom. The van der Waals surface area contributed by atoms with Crippen LogP contribution in [0.15, 0.2) is 58.0 Å². The minimum absolute atomic E-state index is 0.267. The molecule has 0 spiro atoms. The summed E-state index contributed by atoms with van der Waals surface area (Å²) >= 11 is -0.0497. The predicted octanol–water partition coefficient (Wildman–Crippen LogP) is 4.90. The van der Waals surface area contributed by atoms with Gasteiger partial charge in [0, 0.05) is 0 Å². The molecule has 0 radical (unpaired) electrons. The van der Waals surface area contributed by atoms with Crippen LogP contribution in [0.5, 0.6) is 5.75 Å². The van der Waals surface area contributed by atoms with Gasteiger partial charge in [0.1, 0.15) is 0 Å². The summed E-state index contributed by atoms with van der Waals surface area (Å²) in [6.45, 7) is 4.10. The van der Waals surface area contributed by atoms with Crippen LogP contribution >= 0.6 is 15.9 Å². The molecule has 0 N–H and O–H groups in total. The molecule has 1 atom stereocenters. The van der Waals surface area contributed by atoms with Gasteiger partial charge in [0.2, 0.25) is 0 Å². The first-order valence-electron chi connectivity index (χ1n) is 8.84. The molecule has 1 aliphatic rings. The van der Waals surface area contributed by atoms with Gasteiger partial charge in [-0.25, -0.2) is 0 Å². The van der Waals surface area contributed by atoms with Gasteiger partial charge in [0.25, 0.3) is 0 Å². The second kappa shape index (κ2) is 8.57. The number of nitrogens with zero attached hydrogens (tertiary/aromatic N) is 1. The molecule has 3 rings (SSSR count). The van der Waals surface area contributed by atoms with Crippen molar-refractivity contribution in [1.29, 1.82) is 0 Å². The quantitative estimate of drug-likeness (QED) is 0.537. The van der Waals surface area contributed by atoms with E-state index in [1.54, 1.807) is 6.21 Å². The van der Waals surface area contributed by atoms with Crippen LogP contribution in [-0.2, 0) is 14.3 Å². The SMILES string of the molecule is C[CH2][Sn]1([CH2]C)[O]C(=O)C(Cc2ccccc2)N=Cc2cc(Br)ccc2[O]1. The van der Waals surface area contributed by atoms with Crippen molar-refractivity contribution in [1.82, 2.24) is 0 Å². The number of hydrogen-bond donors (Lipinski definition) is 0. The van der Waals surface area contributed by atoms with E-state index in [1.165, 1.54) is 0 Å². The Balaban J connectivity index is 2.01. The van der Waals surface area contributed by atoms with Gasteiger partial charge in [-0.3, -0.25) is 0 Å². The van der Waals surface area contributed by atoms with E-state index < -0.39 is 25.2 Å². The molecule has 26 heavy (non-hydrogen) atoms. The van der Waals surface area contributed by atoms with Gasteiger partial charge in [0.05, 0.1) is 0 Å². The molecule has 2 aromatic rings. The third kappa shape index (κ3) is 4.49. The number of carbonyl (C=O) groups is 1. The van der Waals surface area contributed by atoms with Gasteiger partial charge in [-0.1, -0.05) is 0 Å². The monoisotopic (exact) mass is 523 g/mol. The van der Waals surface area contributed by atoms with Crippen LogP contribution in [0.3, 0.4) is 0 Å². The molecule has 0 saturated carbocycles. The van der Waals surface area contributed by atoms with Gasteiger partial charge < -0.3 is 0 Å². The number of hydrogen-bond acceptors (Lipinski definition) is 4. The third-order valence-corrected chi connectivity index (χ3v) is 14.5. The Hall–Kier alpha value is -1.34. The van der Waals surface area contributed by atoms with E-state index in [-0.39, 0.29) is 5.97 Å². The van der Waals surface area contributed by atoms with E-state index in [0.29, 0.717) is 6.42 Å². The Morgan fingerprint density at radius 2 is 1.81 bits per heavy atom. The Labute approximate surface area is 167 Å². The number of aliphatic imine (C=N–C) groups is 1. The number of rotatable bonds is 4. The molecule has 1 unspecified atom stereocenters. The molecular formula is C20H22BrNO3Sn. The van der Waals surface area contributed by atoms with Gasteiger partial charge in [-0.15, -0.1) is 0 Å². The molecule has 0 saturated heterocycles. The van der Waals surface area contributed by atoms with Crippen LogP contribution in [0.4, 0.5) is 0 Å². The van der Waals surface area contributed by atoms with E-state index in [2.05, 4.69) is 34.8 Å². The average molecular weight is 523 g/mol. The molecule has 6 heteroatoms. The second-order valence-electron chi connectivity index (χ2n) is 6.31.